The van der Waals surface area contributed by atoms with Crippen molar-refractivity contribution in [1.82, 2.24) is 0 Å². The highest BCUT2D eigenvalue weighted by molar-refractivity contribution is 7.86. The van der Waals surface area contributed by atoms with Gasteiger partial charge in [0.1, 0.15) is 0 Å². The second-order valence-electron chi connectivity index (χ2n) is 5.63. The molecule has 0 heterocycles. The molecule has 0 aromatic heterocycles. The van der Waals surface area contributed by atoms with Crippen LogP contribution in [0.25, 0.3) is 0 Å². The Kier molecular flexibility index (Phi) is 13.6. The van der Waals surface area contributed by atoms with Gasteiger partial charge in [0.2, 0.25) is 0 Å². The minimum absolute atomic E-state index is 0.0638. The molecule has 0 unspecified atom stereocenters. The van der Waals surface area contributed by atoms with Crippen LogP contribution in [0, 0.1) is 0 Å². The van der Waals surface area contributed by atoms with Crippen LogP contribution in [0.5, 0.6) is 0 Å². The molecule has 0 aromatic rings. The summed E-state index contributed by atoms with van der Waals surface area (Å²) in [6.45, 7) is 4.25. The average molecular weight is 385 g/mol. The molecule has 0 saturated heterocycles. The molecule has 0 radical (unpaired) electrons. The first-order valence-electron chi connectivity index (χ1n) is 8.72. The van der Waals surface area contributed by atoms with E-state index in [1.165, 1.54) is 0 Å². The van der Waals surface area contributed by atoms with Crippen molar-refractivity contribution in [2.24, 2.45) is 0 Å². The normalized spacial score (nSPS) is 12.9. The molecule has 0 aromatic carbocycles. The standard InChI is InChI=1S/C16H32O6S2/c1-3-5-11-15-23(17,18)21-13-9-7-8-10-14-22-24(19,20)16-12-6-4-2/h7-8H,3-6,9-16H2,1-2H3. The summed E-state index contributed by atoms with van der Waals surface area (Å²) in [5.41, 5.74) is 0. The largest absolute Gasteiger partial charge is 0.270 e. The first kappa shape index (κ1) is 23.6. The van der Waals surface area contributed by atoms with Gasteiger partial charge in [-0.05, 0) is 25.7 Å². The molecule has 0 bridgehead atoms. The van der Waals surface area contributed by atoms with Gasteiger partial charge in [0, 0.05) is 0 Å². The fourth-order valence-electron chi connectivity index (χ4n) is 1.90. The minimum atomic E-state index is -3.42. The fraction of sp³-hybridized carbons (Fsp3) is 0.875. The predicted octanol–water partition coefficient (Wildman–Crippen LogP) is 3.40. The summed E-state index contributed by atoms with van der Waals surface area (Å²) in [5.74, 6) is 0.128. The number of rotatable bonds is 16. The predicted molar refractivity (Wildman–Crippen MR) is 96.9 cm³/mol. The molecule has 0 spiro atoms. The zero-order valence-electron chi connectivity index (χ0n) is 14.9. The Hall–Kier alpha value is -0.440. The van der Waals surface area contributed by atoms with Gasteiger partial charge in [0.15, 0.2) is 0 Å². The van der Waals surface area contributed by atoms with Crippen LogP contribution in [0.2, 0.25) is 0 Å². The van der Waals surface area contributed by atoms with Crippen molar-refractivity contribution in [2.45, 2.75) is 65.2 Å². The Balaban J connectivity index is 3.72. The third-order valence-electron chi connectivity index (χ3n) is 3.26. The van der Waals surface area contributed by atoms with Crippen LogP contribution in [-0.2, 0) is 28.6 Å². The minimum Gasteiger partial charge on any atom is -0.270 e. The molecule has 0 N–H and O–H groups in total. The number of hydrogen-bond donors (Lipinski definition) is 0. The van der Waals surface area contributed by atoms with Crippen LogP contribution < -0.4 is 0 Å². The molecule has 0 atom stereocenters. The summed E-state index contributed by atoms with van der Waals surface area (Å²) < 4.78 is 55.9. The van der Waals surface area contributed by atoms with Crippen molar-refractivity contribution >= 4 is 20.2 Å². The topological polar surface area (TPSA) is 86.7 Å². The van der Waals surface area contributed by atoms with Gasteiger partial charge >= 0.3 is 0 Å². The monoisotopic (exact) mass is 384 g/mol. The van der Waals surface area contributed by atoms with Crippen LogP contribution >= 0.6 is 0 Å². The Morgan fingerprint density at radius 1 is 0.667 bits per heavy atom. The molecule has 144 valence electrons. The Labute approximate surface area is 147 Å². The molecule has 0 amide bonds. The van der Waals surface area contributed by atoms with Gasteiger partial charge in [0.25, 0.3) is 20.2 Å². The van der Waals surface area contributed by atoms with E-state index in [4.69, 9.17) is 8.37 Å². The van der Waals surface area contributed by atoms with E-state index in [9.17, 15) is 16.8 Å². The lowest BCUT2D eigenvalue weighted by Gasteiger charge is -2.04. The van der Waals surface area contributed by atoms with Gasteiger partial charge in [-0.3, -0.25) is 8.37 Å². The third-order valence-corrected chi connectivity index (χ3v) is 5.89. The molecular weight excluding hydrogens is 352 g/mol. The SMILES string of the molecule is CCCCCS(=O)(=O)OCCC=CCCOS(=O)(=O)CCCCC. The van der Waals surface area contributed by atoms with E-state index in [0.29, 0.717) is 25.7 Å². The van der Waals surface area contributed by atoms with Gasteiger partial charge in [0.05, 0.1) is 24.7 Å². The van der Waals surface area contributed by atoms with E-state index >= 15 is 0 Å². The Morgan fingerprint density at radius 3 is 1.38 bits per heavy atom. The van der Waals surface area contributed by atoms with Gasteiger partial charge < -0.3 is 0 Å². The van der Waals surface area contributed by atoms with Gasteiger partial charge in [-0.25, -0.2) is 0 Å². The van der Waals surface area contributed by atoms with E-state index in [-0.39, 0.29) is 24.7 Å². The van der Waals surface area contributed by atoms with Crippen molar-refractivity contribution in [3.8, 4) is 0 Å². The highest BCUT2D eigenvalue weighted by Gasteiger charge is 2.10. The van der Waals surface area contributed by atoms with Crippen LogP contribution in [0.3, 0.4) is 0 Å². The summed E-state index contributed by atoms with van der Waals surface area (Å²) in [4.78, 5) is 0. The summed E-state index contributed by atoms with van der Waals surface area (Å²) in [5, 5.41) is 0. The number of hydrogen-bond acceptors (Lipinski definition) is 6. The average Bonchev–Trinajstić information content (AvgIpc) is 2.50. The van der Waals surface area contributed by atoms with Crippen molar-refractivity contribution in [3.05, 3.63) is 12.2 Å². The highest BCUT2D eigenvalue weighted by Crippen LogP contribution is 2.04. The molecule has 24 heavy (non-hydrogen) atoms. The summed E-state index contributed by atoms with van der Waals surface area (Å²) >= 11 is 0. The van der Waals surface area contributed by atoms with Crippen LogP contribution in [0.1, 0.15) is 65.2 Å². The van der Waals surface area contributed by atoms with E-state index < -0.39 is 20.2 Å². The highest BCUT2D eigenvalue weighted by atomic mass is 32.2. The molecule has 0 aliphatic heterocycles. The molecular formula is C16H32O6S2. The van der Waals surface area contributed by atoms with Gasteiger partial charge in [-0.15, -0.1) is 0 Å². The second-order valence-corrected chi connectivity index (χ2v) is 9.15. The molecule has 0 saturated carbocycles. The van der Waals surface area contributed by atoms with Crippen molar-refractivity contribution in [1.29, 1.82) is 0 Å². The smallest absolute Gasteiger partial charge is 0.267 e. The van der Waals surface area contributed by atoms with Crippen LogP contribution in [-0.4, -0.2) is 41.6 Å². The third kappa shape index (κ3) is 15.1. The lowest BCUT2D eigenvalue weighted by atomic mass is 10.3. The summed E-state index contributed by atoms with van der Waals surface area (Å²) in [7, 11) is -6.84. The Bertz CT molecular complexity index is 475. The maximum absolute atomic E-state index is 11.5. The van der Waals surface area contributed by atoms with Gasteiger partial charge in [-0.2, -0.15) is 16.8 Å². The van der Waals surface area contributed by atoms with E-state index in [1.807, 2.05) is 13.8 Å². The zero-order chi connectivity index (χ0) is 18.3. The van der Waals surface area contributed by atoms with E-state index in [2.05, 4.69) is 0 Å². The molecule has 0 rings (SSSR count). The first-order valence-corrected chi connectivity index (χ1v) is 11.9. The van der Waals surface area contributed by atoms with E-state index in [0.717, 1.165) is 25.7 Å². The summed E-state index contributed by atoms with van der Waals surface area (Å²) in [6.07, 6.45) is 9.42. The van der Waals surface area contributed by atoms with Crippen molar-refractivity contribution in [3.63, 3.8) is 0 Å². The van der Waals surface area contributed by atoms with Crippen LogP contribution in [0.4, 0.5) is 0 Å². The fourth-order valence-corrected chi connectivity index (χ4v) is 3.95. The van der Waals surface area contributed by atoms with Gasteiger partial charge in [-0.1, -0.05) is 51.7 Å². The number of unbranched alkanes of at least 4 members (excludes halogenated alkanes) is 4. The van der Waals surface area contributed by atoms with Crippen LogP contribution in [0.15, 0.2) is 12.2 Å². The second kappa shape index (κ2) is 13.8. The Morgan fingerprint density at radius 2 is 1.04 bits per heavy atom. The van der Waals surface area contributed by atoms with Crippen molar-refractivity contribution in [2.75, 3.05) is 24.7 Å². The maximum atomic E-state index is 11.5. The maximum Gasteiger partial charge on any atom is 0.267 e. The molecule has 8 heteroatoms. The first-order chi connectivity index (χ1) is 11.3. The quantitative estimate of drug-likeness (QED) is 0.230. The zero-order valence-corrected chi connectivity index (χ0v) is 16.5. The summed E-state index contributed by atoms with van der Waals surface area (Å²) in [6, 6.07) is 0. The molecule has 0 fully saturated rings. The molecule has 0 aliphatic rings. The van der Waals surface area contributed by atoms with Crippen molar-refractivity contribution < 1.29 is 25.2 Å². The molecule has 0 aliphatic carbocycles. The molecule has 6 nitrogen and oxygen atoms in total. The lowest BCUT2D eigenvalue weighted by molar-refractivity contribution is 0.319. The van der Waals surface area contributed by atoms with E-state index in [1.54, 1.807) is 12.2 Å². The lowest BCUT2D eigenvalue weighted by Crippen LogP contribution is -2.11.